The van der Waals surface area contributed by atoms with Crippen molar-refractivity contribution in [3.05, 3.63) is 75.8 Å². The van der Waals surface area contributed by atoms with Gasteiger partial charge in [-0.05, 0) is 36.8 Å². The molecule has 1 amide bonds. The van der Waals surface area contributed by atoms with Gasteiger partial charge >= 0.3 is 0 Å². The summed E-state index contributed by atoms with van der Waals surface area (Å²) in [6.07, 6.45) is 0. The summed E-state index contributed by atoms with van der Waals surface area (Å²) >= 11 is 7.53. The lowest BCUT2D eigenvalue weighted by Gasteiger charge is -2.07. The molecule has 0 saturated heterocycles. The third kappa shape index (κ3) is 3.97. The number of hydrogen-bond donors (Lipinski definition) is 1. The van der Waals surface area contributed by atoms with Gasteiger partial charge in [-0.1, -0.05) is 35.9 Å². The van der Waals surface area contributed by atoms with Gasteiger partial charge < -0.3 is 5.32 Å². The predicted molar refractivity (Wildman–Crippen MR) is 94.9 cm³/mol. The van der Waals surface area contributed by atoms with E-state index in [0.29, 0.717) is 17.1 Å². The number of carbonyl (C=O) groups excluding carboxylic acids is 1. The molecule has 0 saturated carbocycles. The van der Waals surface area contributed by atoms with E-state index in [-0.39, 0.29) is 5.91 Å². The number of benzene rings is 2. The van der Waals surface area contributed by atoms with Gasteiger partial charge in [-0.3, -0.25) is 4.79 Å². The number of aryl methyl sites for hydroxylation is 1. The van der Waals surface area contributed by atoms with Gasteiger partial charge in [0.05, 0.1) is 0 Å². The van der Waals surface area contributed by atoms with Crippen molar-refractivity contribution >= 4 is 28.8 Å². The van der Waals surface area contributed by atoms with E-state index in [1.165, 1.54) is 0 Å². The van der Waals surface area contributed by atoms with Crippen LogP contribution in [0.15, 0.2) is 53.9 Å². The zero-order valence-corrected chi connectivity index (χ0v) is 14.1. The number of nitrogens with zero attached hydrogens (tertiary/aromatic N) is 1. The molecule has 3 nitrogen and oxygen atoms in total. The van der Waals surface area contributed by atoms with Crippen LogP contribution in [0.4, 0.5) is 0 Å². The molecule has 0 atom stereocenters. The third-order valence-corrected chi connectivity index (χ3v) is 4.58. The Kier molecular flexibility index (Phi) is 4.74. The van der Waals surface area contributed by atoms with E-state index in [2.05, 4.69) is 16.4 Å². The molecule has 116 valence electrons. The van der Waals surface area contributed by atoms with Crippen LogP contribution in [0, 0.1) is 6.92 Å². The molecule has 0 bridgehead atoms. The smallest absolute Gasteiger partial charge is 0.251 e. The molecule has 3 aromatic rings. The Bertz CT molecular complexity index is 844. The van der Waals surface area contributed by atoms with Crippen LogP contribution in [0.5, 0.6) is 0 Å². The molecule has 0 aliphatic carbocycles. The summed E-state index contributed by atoms with van der Waals surface area (Å²) in [7, 11) is 0. The number of hydrogen-bond acceptors (Lipinski definition) is 3. The van der Waals surface area contributed by atoms with Gasteiger partial charge in [-0.15, -0.1) is 11.3 Å². The van der Waals surface area contributed by atoms with Crippen LogP contribution >= 0.6 is 22.9 Å². The molecule has 1 N–H and O–H groups in total. The lowest BCUT2D eigenvalue weighted by Crippen LogP contribution is -2.22. The molecule has 3 rings (SSSR count). The van der Waals surface area contributed by atoms with Gasteiger partial charge in [0.15, 0.2) is 0 Å². The number of thiazole rings is 1. The number of carbonyl (C=O) groups is 1. The molecular weight excluding hydrogens is 328 g/mol. The number of aromatic nitrogens is 1. The maximum atomic E-state index is 12.1. The Morgan fingerprint density at radius 1 is 1.22 bits per heavy atom. The monoisotopic (exact) mass is 342 g/mol. The van der Waals surface area contributed by atoms with Gasteiger partial charge in [0.2, 0.25) is 0 Å². The second-order valence-corrected chi connectivity index (χ2v) is 6.48. The van der Waals surface area contributed by atoms with E-state index in [1.54, 1.807) is 35.6 Å². The maximum Gasteiger partial charge on any atom is 0.251 e. The molecule has 23 heavy (non-hydrogen) atoms. The van der Waals surface area contributed by atoms with Gasteiger partial charge in [-0.25, -0.2) is 4.98 Å². The van der Waals surface area contributed by atoms with E-state index >= 15 is 0 Å². The van der Waals surface area contributed by atoms with Gasteiger partial charge in [-0.2, -0.15) is 0 Å². The van der Waals surface area contributed by atoms with Crippen LogP contribution < -0.4 is 5.32 Å². The third-order valence-electron chi connectivity index (χ3n) is 3.33. The van der Waals surface area contributed by atoms with Gasteiger partial charge in [0.1, 0.15) is 5.01 Å². The first-order valence-electron chi connectivity index (χ1n) is 7.17. The fourth-order valence-corrected chi connectivity index (χ4v) is 3.20. The lowest BCUT2D eigenvalue weighted by atomic mass is 10.1. The highest BCUT2D eigenvalue weighted by Crippen LogP contribution is 2.24. The van der Waals surface area contributed by atoms with Gasteiger partial charge in [0, 0.05) is 33.8 Å². The molecule has 0 radical (unpaired) electrons. The van der Waals surface area contributed by atoms with Crippen LogP contribution in [0.2, 0.25) is 5.02 Å². The minimum Gasteiger partial charge on any atom is -0.348 e. The average Bonchev–Trinajstić information content (AvgIpc) is 2.99. The number of amides is 1. The molecule has 2 aromatic carbocycles. The van der Waals surface area contributed by atoms with Gasteiger partial charge in [0.25, 0.3) is 5.91 Å². The Morgan fingerprint density at radius 3 is 2.78 bits per heavy atom. The van der Waals surface area contributed by atoms with Crippen molar-refractivity contribution in [1.82, 2.24) is 10.3 Å². The topological polar surface area (TPSA) is 42.0 Å². The molecule has 0 fully saturated rings. The highest BCUT2D eigenvalue weighted by atomic mass is 35.5. The summed E-state index contributed by atoms with van der Waals surface area (Å²) in [5.74, 6) is -0.136. The van der Waals surface area contributed by atoms with Crippen molar-refractivity contribution < 1.29 is 4.79 Å². The summed E-state index contributed by atoms with van der Waals surface area (Å²) in [6, 6.07) is 15.0. The molecule has 0 unspecified atom stereocenters. The summed E-state index contributed by atoms with van der Waals surface area (Å²) in [4.78, 5) is 16.6. The van der Waals surface area contributed by atoms with Crippen molar-refractivity contribution in [2.75, 3.05) is 0 Å². The molecule has 0 aliphatic heterocycles. The average molecular weight is 343 g/mol. The quantitative estimate of drug-likeness (QED) is 0.746. The largest absolute Gasteiger partial charge is 0.348 e. The first kappa shape index (κ1) is 15.7. The minimum atomic E-state index is -0.136. The number of nitrogens with one attached hydrogen (secondary N) is 1. The zero-order valence-electron chi connectivity index (χ0n) is 12.5. The first-order chi connectivity index (χ1) is 11.1. The fraction of sp³-hybridized carbons (Fsp3) is 0.111. The van der Waals surface area contributed by atoms with E-state index < -0.39 is 0 Å². The van der Waals surface area contributed by atoms with Crippen LogP contribution in [0.25, 0.3) is 10.6 Å². The van der Waals surface area contributed by atoms with E-state index in [1.807, 2.05) is 30.5 Å². The number of rotatable bonds is 4. The predicted octanol–water partition coefficient (Wildman–Crippen LogP) is 4.70. The normalized spacial score (nSPS) is 10.5. The second-order valence-electron chi connectivity index (χ2n) is 5.19. The second kappa shape index (κ2) is 6.94. The Morgan fingerprint density at radius 2 is 2.04 bits per heavy atom. The lowest BCUT2D eigenvalue weighted by molar-refractivity contribution is 0.0951. The fourth-order valence-electron chi connectivity index (χ4n) is 2.22. The summed E-state index contributed by atoms with van der Waals surface area (Å²) in [5, 5.41) is 6.49. The van der Waals surface area contributed by atoms with Crippen molar-refractivity contribution in [1.29, 1.82) is 0 Å². The Balaban J connectivity index is 1.70. The Labute approximate surface area is 144 Å². The first-order valence-corrected chi connectivity index (χ1v) is 8.43. The van der Waals surface area contributed by atoms with Crippen LogP contribution in [0.3, 0.4) is 0 Å². The minimum absolute atomic E-state index is 0.136. The summed E-state index contributed by atoms with van der Waals surface area (Å²) in [5.41, 5.74) is 3.68. The van der Waals surface area contributed by atoms with Crippen molar-refractivity contribution in [3.63, 3.8) is 0 Å². The van der Waals surface area contributed by atoms with E-state index in [9.17, 15) is 4.79 Å². The van der Waals surface area contributed by atoms with Crippen LogP contribution in [0.1, 0.15) is 21.6 Å². The molecule has 0 aliphatic rings. The summed E-state index contributed by atoms with van der Waals surface area (Å²) in [6.45, 7) is 2.44. The summed E-state index contributed by atoms with van der Waals surface area (Å²) < 4.78 is 0. The highest BCUT2D eigenvalue weighted by molar-refractivity contribution is 7.13. The SMILES string of the molecule is Cc1csc(-c2cccc(CNC(=O)c3cccc(Cl)c3)c2)n1. The maximum absolute atomic E-state index is 12.1. The van der Waals surface area contributed by atoms with Crippen molar-refractivity contribution in [2.45, 2.75) is 13.5 Å². The van der Waals surface area contributed by atoms with E-state index in [4.69, 9.17) is 11.6 Å². The van der Waals surface area contributed by atoms with Crippen molar-refractivity contribution in [3.8, 4) is 10.6 Å². The molecule has 1 aromatic heterocycles. The molecule has 1 heterocycles. The molecular formula is C18H15ClN2OS. The van der Waals surface area contributed by atoms with E-state index in [0.717, 1.165) is 21.8 Å². The van der Waals surface area contributed by atoms with Crippen molar-refractivity contribution in [2.24, 2.45) is 0 Å². The Hall–Kier alpha value is -2.17. The van der Waals surface area contributed by atoms with Crippen LogP contribution in [-0.2, 0) is 6.54 Å². The molecule has 5 heteroatoms. The number of halogens is 1. The van der Waals surface area contributed by atoms with Crippen LogP contribution in [-0.4, -0.2) is 10.9 Å². The standard InChI is InChI=1S/C18H15ClN2OS/c1-12-11-23-18(21-12)15-6-2-4-13(8-15)10-20-17(22)14-5-3-7-16(19)9-14/h2-9,11H,10H2,1H3,(H,20,22). The highest BCUT2D eigenvalue weighted by Gasteiger charge is 2.07. The zero-order chi connectivity index (χ0) is 16.2. The molecule has 0 spiro atoms.